The van der Waals surface area contributed by atoms with Crippen LogP contribution in [0.3, 0.4) is 0 Å². The Kier molecular flexibility index (Phi) is 4.17. The number of rotatable bonds is 3. The van der Waals surface area contributed by atoms with Gasteiger partial charge in [0.15, 0.2) is 0 Å². The molecule has 0 saturated heterocycles. The summed E-state index contributed by atoms with van der Waals surface area (Å²) in [5.41, 5.74) is 8.14. The van der Waals surface area contributed by atoms with Crippen LogP contribution in [0, 0.1) is 0 Å². The molecular weight excluding hydrogens is 254 g/mol. The molecule has 84 valence electrons. The fraction of sp³-hybridized carbons (Fsp3) is 0.500. The van der Waals surface area contributed by atoms with E-state index in [0.717, 1.165) is 15.8 Å². The van der Waals surface area contributed by atoms with Gasteiger partial charge in [0, 0.05) is 16.1 Å². The van der Waals surface area contributed by atoms with Crippen molar-refractivity contribution in [1.82, 2.24) is 0 Å². The maximum Gasteiger partial charge on any atom is 0.123 e. The van der Waals surface area contributed by atoms with Crippen LogP contribution in [0.25, 0.3) is 0 Å². The standard InChI is InChI=1S/C12H18BrNO/c1-7(2)12-10(13)5-9(8(3)14)6-11(12)15-4/h5-8H,14H2,1-4H3. The molecule has 0 bridgehead atoms. The molecule has 2 nitrogen and oxygen atoms in total. The van der Waals surface area contributed by atoms with Gasteiger partial charge in [0.1, 0.15) is 5.75 Å². The minimum atomic E-state index is 0.0245. The molecule has 1 aromatic rings. The first-order valence-electron chi connectivity index (χ1n) is 5.10. The van der Waals surface area contributed by atoms with Gasteiger partial charge in [-0.15, -0.1) is 0 Å². The highest BCUT2D eigenvalue weighted by Crippen LogP contribution is 2.35. The van der Waals surface area contributed by atoms with E-state index < -0.39 is 0 Å². The first-order chi connectivity index (χ1) is 6.97. The number of hydrogen-bond acceptors (Lipinski definition) is 2. The summed E-state index contributed by atoms with van der Waals surface area (Å²) in [4.78, 5) is 0. The van der Waals surface area contributed by atoms with E-state index in [1.807, 2.05) is 13.0 Å². The molecular formula is C12H18BrNO. The van der Waals surface area contributed by atoms with Gasteiger partial charge in [-0.3, -0.25) is 0 Å². The largest absolute Gasteiger partial charge is 0.496 e. The fourth-order valence-corrected chi connectivity index (χ4v) is 2.52. The number of hydrogen-bond donors (Lipinski definition) is 1. The molecule has 0 spiro atoms. The van der Waals surface area contributed by atoms with Gasteiger partial charge in [-0.05, 0) is 30.5 Å². The Morgan fingerprint density at radius 2 is 1.87 bits per heavy atom. The molecule has 0 aromatic heterocycles. The lowest BCUT2D eigenvalue weighted by molar-refractivity contribution is 0.406. The number of benzene rings is 1. The number of nitrogens with two attached hydrogens (primary N) is 1. The lowest BCUT2D eigenvalue weighted by Gasteiger charge is -2.17. The first kappa shape index (κ1) is 12.5. The highest BCUT2D eigenvalue weighted by atomic mass is 79.9. The van der Waals surface area contributed by atoms with E-state index in [2.05, 4.69) is 35.8 Å². The topological polar surface area (TPSA) is 35.2 Å². The Bertz CT molecular complexity index is 348. The second kappa shape index (κ2) is 4.99. The maximum absolute atomic E-state index is 5.86. The van der Waals surface area contributed by atoms with E-state index in [-0.39, 0.29) is 6.04 Å². The maximum atomic E-state index is 5.86. The smallest absolute Gasteiger partial charge is 0.123 e. The van der Waals surface area contributed by atoms with Gasteiger partial charge < -0.3 is 10.5 Å². The molecule has 0 aliphatic rings. The van der Waals surface area contributed by atoms with Crippen LogP contribution >= 0.6 is 15.9 Å². The molecule has 1 unspecified atom stereocenters. The molecule has 1 rings (SSSR count). The van der Waals surface area contributed by atoms with Crippen molar-refractivity contribution in [2.45, 2.75) is 32.7 Å². The van der Waals surface area contributed by atoms with Crippen LogP contribution in [-0.2, 0) is 0 Å². The van der Waals surface area contributed by atoms with Gasteiger partial charge in [-0.1, -0.05) is 29.8 Å². The first-order valence-corrected chi connectivity index (χ1v) is 5.89. The van der Waals surface area contributed by atoms with Gasteiger partial charge in [0.05, 0.1) is 7.11 Å². The molecule has 3 heteroatoms. The van der Waals surface area contributed by atoms with Crippen molar-refractivity contribution in [2.75, 3.05) is 7.11 Å². The van der Waals surface area contributed by atoms with Gasteiger partial charge >= 0.3 is 0 Å². The Morgan fingerprint density at radius 3 is 2.27 bits per heavy atom. The minimum Gasteiger partial charge on any atom is -0.496 e. The monoisotopic (exact) mass is 271 g/mol. The lowest BCUT2D eigenvalue weighted by atomic mass is 9.98. The third-order valence-electron chi connectivity index (χ3n) is 2.44. The van der Waals surface area contributed by atoms with Crippen molar-refractivity contribution >= 4 is 15.9 Å². The van der Waals surface area contributed by atoms with Gasteiger partial charge in [0.2, 0.25) is 0 Å². The predicted octanol–water partition coefficient (Wildman–Crippen LogP) is 3.60. The van der Waals surface area contributed by atoms with E-state index in [1.165, 1.54) is 5.56 Å². The van der Waals surface area contributed by atoms with Crippen LogP contribution in [0.15, 0.2) is 16.6 Å². The summed E-state index contributed by atoms with van der Waals surface area (Å²) in [5.74, 6) is 1.34. The zero-order valence-corrected chi connectivity index (χ0v) is 11.3. The summed E-state index contributed by atoms with van der Waals surface area (Å²) in [6, 6.07) is 4.12. The zero-order valence-electron chi connectivity index (χ0n) is 9.67. The number of ether oxygens (including phenoxy) is 1. The van der Waals surface area contributed by atoms with Gasteiger partial charge in [-0.2, -0.15) is 0 Å². The van der Waals surface area contributed by atoms with Crippen molar-refractivity contribution in [3.05, 3.63) is 27.7 Å². The summed E-state index contributed by atoms with van der Waals surface area (Å²) < 4.78 is 6.47. The lowest BCUT2D eigenvalue weighted by Crippen LogP contribution is -2.06. The SMILES string of the molecule is COc1cc(C(C)N)cc(Br)c1C(C)C. The molecule has 15 heavy (non-hydrogen) atoms. The quantitative estimate of drug-likeness (QED) is 0.912. The molecule has 0 aliphatic heterocycles. The van der Waals surface area contributed by atoms with E-state index in [9.17, 15) is 0 Å². The average Bonchev–Trinajstić information content (AvgIpc) is 2.15. The van der Waals surface area contributed by atoms with Crippen molar-refractivity contribution in [1.29, 1.82) is 0 Å². The third-order valence-corrected chi connectivity index (χ3v) is 3.09. The van der Waals surface area contributed by atoms with Crippen LogP contribution in [0.4, 0.5) is 0 Å². The number of halogens is 1. The molecule has 0 aliphatic carbocycles. The second-order valence-corrected chi connectivity index (χ2v) is 4.92. The van der Waals surface area contributed by atoms with Crippen LogP contribution in [0.1, 0.15) is 43.9 Å². The molecule has 0 saturated carbocycles. The van der Waals surface area contributed by atoms with Gasteiger partial charge in [0.25, 0.3) is 0 Å². The van der Waals surface area contributed by atoms with E-state index >= 15 is 0 Å². The molecule has 1 aromatic carbocycles. The zero-order chi connectivity index (χ0) is 11.6. The van der Waals surface area contributed by atoms with Crippen LogP contribution in [0.5, 0.6) is 5.75 Å². The van der Waals surface area contributed by atoms with E-state index in [4.69, 9.17) is 10.5 Å². The van der Waals surface area contributed by atoms with Crippen molar-refractivity contribution in [2.24, 2.45) is 5.73 Å². The Hall–Kier alpha value is -0.540. The Morgan fingerprint density at radius 1 is 1.27 bits per heavy atom. The van der Waals surface area contributed by atoms with E-state index in [1.54, 1.807) is 7.11 Å². The summed E-state index contributed by atoms with van der Waals surface area (Å²) in [6.45, 7) is 6.26. The van der Waals surface area contributed by atoms with Crippen molar-refractivity contribution in [3.63, 3.8) is 0 Å². The van der Waals surface area contributed by atoms with Gasteiger partial charge in [-0.25, -0.2) is 0 Å². The molecule has 0 heterocycles. The average molecular weight is 272 g/mol. The second-order valence-electron chi connectivity index (χ2n) is 4.06. The van der Waals surface area contributed by atoms with Crippen molar-refractivity contribution < 1.29 is 4.74 Å². The highest BCUT2D eigenvalue weighted by Gasteiger charge is 2.14. The van der Waals surface area contributed by atoms with E-state index in [0.29, 0.717) is 5.92 Å². The summed E-state index contributed by atoms with van der Waals surface area (Å²) >= 11 is 3.57. The molecule has 0 amide bonds. The number of methoxy groups -OCH3 is 1. The molecule has 0 fully saturated rings. The summed E-state index contributed by atoms with van der Waals surface area (Å²) in [5, 5.41) is 0. The summed E-state index contributed by atoms with van der Waals surface area (Å²) in [7, 11) is 1.69. The van der Waals surface area contributed by atoms with Crippen molar-refractivity contribution in [3.8, 4) is 5.75 Å². The van der Waals surface area contributed by atoms with Crippen LogP contribution in [0.2, 0.25) is 0 Å². The molecule has 2 N–H and O–H groups in total. The fourth-order valence-electron chi connectivity index (χ4n) is 1.60. The Labute approximate surface area is 99.9 Å². The van der Waals surface area contributed by atoms with Crippen LogP contribution < -0.4 is 10.5 Å². The Balaban J connectivity index is 3.31. The summed E-state index contributed by atoms with van der Waals surface area (Å²) in [6.07, 6.45) is 0. The highest BCUT2D eigenvalue weighted by molar-refractivity contribution is 9.10. The normalized spacial score (nSPS) is 13.0. The molecule has 1 atom stereocenters. The predicted molar refractivity (Wildman–Crippen MR) is 67.4 cm³/mol. The minimum absolute atomic E-state index is 0.0245. The third kappa shape index (κ3) is 2.73. The van der Waals surface area contributed by atoms with Crippen LogP contribution in [-0.4, -0.2) is 7.11 Å². The molecule has 0 radical (unpaired) electrons.